The van der Waals surface area contributed by atoms with Crippen LogP contribution in [0.4, 0.5) is 10.6 Å². The predicted octanol–water partition coefficient (Wildman–Crippen LogP) is 3.64. The maximum atomic E-state index is 12.7. The Balaban J connectivity index is 1.74. The zero-order valence-electron chi connectivity index (χ0n) is 15.4. The lowest BCUT2D eigenvalue weighted by Gasteiger charge is -2.20. The van der Waals surface area contributed by atoms with E-state index in [0.29, 0.717) is 35.6 Å². The van der Waals surface area contributed by atoms with Gasteiger partial charge in [-0.3, -0.25) is 5.32 Å². The van der Waals surface area contributed by atoms with E-state index in [2.05, 4.69) is 20.6 Å². The third-order valence-electron chi connectivity index (χ3n) is 4.04. The molecule has 2 aromatic heterocycles. The first kappa shape index (κ1) is 18.9. The van der Waals surface area contributed by atoms with Crippen LogP contribution in [-0.4, -0.2) is 37.4 Å². The maximum absolute atomic E-state index is 12.7. The molecule has 27 heavy (non-hydrogen) atoms. The molecular weight excluding hydrogens is 368 g/mol. The minimum Gasteiger partial charge on any atom is -0.340 e. The second-order valence-corrected chi connectivity index (χ2v) is 6.57. The number of aryl methyl sites for hydroxylation is 2. The van der Waals surface area contributed by atoms with E-state index < -0.39 is 0 Å². The van der Waals surface area contributed by atoms with Crippen molar-refractivity contribution in [2.45, 2.75) is 33.9 Å². The highest BCUT2D eigenvalue weighted by Crippen LogP contribution is 2.18. The normalized spacial score (nSPS) is 10.8. The average Bonchev–Trinajstić information content (AvgIpc) is 3.19. The number of hydrogen-bond acceptors (Lipinski definition) is 5. The van der Waals surface area contributed by atoms with Gasteiger partial charge in [0, 0.05) is 24.1 Å². The summed E-state index contributed by atoms with van der Waals surface area (Å²) in [7, 11) is 0. The van der Waals surface area contributed by atoms with Crippen LogP contribution in [0.5, 0.6) is 0 Å². The SMILES string of the molecule is CCN(Cc1noc(C)n1)C(=O)Nc1c(C)cnn1Cc1cccc(Cl)c1. The maximum Gasteiger partial charge on any atom is 0.323 e. The van der Waals surface area contributed by atoms with Gasteiger partial charge in [-0.05, 0) is 31.5 Å². The van der Waals surface area contributed by atoms with Crippen molar-refractivity contribution in [2.24, 2.45) is 0 Å². The number of nitrogens with zero attached hydrogens (tertiary/aromatic N) is 5. The van der Waals surface area contributed by atoms with Crippen molar-refractivity contribution >= 4 is 23.4 Å². The molecule has 0 fully saturated rings. The zero-order valence-corrected chi connectivity index (χ0v) is 16.2. The van der Waals surface area contributed by atoms with Gasteiger partial charge < -0.3 is 9.42 Å². The quantitative estimate of drug-likeness (QED) is 0.696. The van der Waals surface area contributed by atoms with Gasteiger partial charge in [-0.1, -0.05) is 28.9 Å². The van der Waals surface area contributed by atoms with Crippen molar-refractivity contribution in [2.75, 3.05) is 11.9 Å². The number of urea groups is 1. The van der Waals surface area contributed by atoms with E-state index in [-0.39, 0.29) is 12.6 Å². The van der Waals surface area contributed by atoms with Gasteiger partial charge in [-0.15, -0.1) is 0 Å². The van der Waals surface area contributed by atoms with E-state index >= 15 is 0 Å². The Kier molecular flexibility index (Phi) is 5.75. The van der Waals surface area contributed by atoms with Crippen LogP contribution in [0.1, 0.15) is 29.8 Å². The van der Waals surface area contributed by atoms with E-state index in [1.165, 1.54) is 0 Å². The molecule has 0 spiro atoms. The van der Waals surface area contributed by atoms with Crippen LogP contribution in [0, 0.1) is 13.8 Å². The Bertz CT molecular complexity index is 936. The lowest BCUT2D eigenvalue weighted by atomic mass is 10.2. The van der Waals surface area contributed by atoms with E-state index in [9.17, 15) is 4.79 Å². The van der Waals surface area contributed by atoms with Gasteiger partial charge in [0.05, 0.1) is 19.3 Å². The number of carbonyl (C=O) groups is 1. The molecule has 0 radical (unpaired) electrons. The number of anilines is 1. The van der Waals surface area contributed by atoms with Gasteiger partial charge >= 0.3 is 6.03 Å². The molecule has 3 aromatic rings. The highest BCUT2D eigenvalue weighted by Gasteiger charge is 2.18. The van der Waals surface area contributed by atoms with Gasteiger partial charge in [0.25, 0.3) is 0 Å². The standard InChI is InChI=1S/C18H21ClN6O2/c1-4-24(11-16-21-13(3)27-23-16)18(26)22-17-12(2)9-20-25(17)10-14-6-5-7-15(19)8-14/h5-9H,4,10-11H2,1-3H3,(H,22,26). The minimum absolute atomic E-state index is 0.254. The monoisotopic (exact) mass is 388 g/mol. The van der Waals surface area contributed by atoms with Gasteiger partial charge in [-0.2, -0.15) is 10.1 Å². The molecule has 1 N–H and O–H groups in total. The Morgan fingerprint density at radius 2 is 2.19 bits per heavy atom. The fourth-order valence-electron chi connectivity index (χ4n) is 2.65. The molecule has 142 valence electrons. The second-order valence-electron chi connectivity index (χ2n) is 6.14. The molecule has 9 heteroatoms. The molecule has 0 aliphatic rings. The summed E-state index contributed by atoms with van der Waals surface area (Å²) in [6.07, 6.45) is 1.72. The summed E-state index contributed by atoms with van der Waals surface area (Å²) in [4.78, 5) is 18.5. The van der Waals surface area contributed by atoms with E-state index in [1.54, 1.807) is 22.7 Å². The van der Waals surface area contributed by atoms with Crippen LogP contribution < -0.4 is 5.32 Å². The Hall–Kier alpha value is -2.87. The molecule has 0 saturated carbocycles. The van der Waals surface area contributed by atoms with Crippen molar-refractivity contribution < 1.29 is 9.32 Å². The van der Waals surface area contributed by atoms with Crippen molar-refractivity contribution in [1.82, 2.24) is 24.8 Å². The lowest BCUT2D eigenvalue weighted by molar-refractivity contribution is 0.209. The van der Waals surface area contributed by atoms with Gasteiger partial charge in [0.2, 0.25) is 5.89 Å². The lowest BCUT2D eigenvalue weighted by Crippen LogP contribution is -2.35. The number of rotatable bonds is 6. The molecule has 1 aromatic carbocycles. The van der Waals surface area contributed by atoms with Crippen LogP contribution in [0.25, 0.3) is 0 Å². The molecule has 3 rings (SSSR count). The number of aromatic nitrogens is 4. The number of nitrogens with one attached hydrogen (secondary N) is 1. The highest BCUT2D eigenvalue weighted by atomic mass is 35.5. The Labute approximate surface area is 162 Å². The van der Waals surface area contributed by atoms with Crippen LogP contribution >= 0.6 is 11.6 Å². The summed E-state index contributed by atoms with van der Waals surface area (Å²) in [5.74, 6) is 1.58. The Morgan fingerprint density at radius 3 is 2.85 bits per heavy atom. The van der Waals surface area contributed by atoms with Gasteiger partial charge in [-0.25, -0.2) is 9.48 Å². The topological polar surface area (TPSA) is 89.1 Å². The summed E-state index contributed by atoms with van der Waals surface area (Å²) in [5.41, 5.74) is 1.87. The molecule has 0 aliphatic heterocycles. The molecule has 0 bridgehead atoms. The smallest absolute Gasteiger partial charge is 0.323 e. The first-order valence-electron chi connectivity index (χ1n) is 8.58. The number of carbonyl (C=O) groups excluding carboxylic acids is 1. The first-order chi connectivity index (χ1) is 13.0. The molecule has 0 unspecified atom stereocenters. The molecule has 0 saturated heterocycles. The predicted molar refractivity (Wildman–Crippen MR) is 102 cm³/mol. The van der Waals surface area contributed by atoms with E-state index in [1.807, 2.05) is 38.1 Å². The number of hydrogen-bond donors (Lipinski definition) is 1. The number of halogens is 1. The number of benzene rings is 1. The van der Waals surface area contributed by atoms with Crippen molar-refractivity contribution in [3.05, 3.63) is 58.3 Å². The third kappa shape index (κ3) is 4.65. The summed E-state index contributed by atoms with van der Waals surface area (Å²) in [6.45, 7) is 6.77. The molecule has 0 aliphatic carbocycles. The van der Waals surface area contributed by atoms with Crippen LogP contribution in [0.2, 0.25) is 5.02 Å². The van der Waals surface area contributed by atoms with Crippen LogP contribution in [0.3, 0.4) is 0 Å². The molecule has 8 nitrogen and oxygen atoms in total. The third-order valence-corrected chi connectivity index (χ3v) is 4.28. The van der Waals surface area contributed by atoms with Crippen molar-refractivity contribution in [3.63, 3.8) is 0 Å². The van der Waals surface area contributed by atoms with Crippen molar-refractivity contribution in [1.29, 1.82) is 0 Å². The molecule has 0 atom stereocenters. The first-order valence-corrected chi connectivity index (χ1v) is 8.96. The summed E-state index contributed by atoms with van der Waals surface area (Å²) < 4.78 is 6.71. The van der Waals surface area contributed by atoms with Crippen LogP contribution in [-0.2, 0) is 13.1 Å². The molecule has 2 amide bonds. The van der Waals surface area contributed by atoms with E-state index in [4.69, 9.17) is 16.1 Å². The molecule has 2 heterocycles. The van der Waals surface area contributed by atoms with Gasteiger partial charge in [0.1, 0.15) is 5.82 Å². The summed E-state index contributed by atoms with van der Waals surface area (Å²) in [6, 6.07) is 7.29. The Morgan fingerprint density at radius 1 is 1.37 bits per heavy atom. The second kappa shape index (κ2) is 8.22. The largest absolute Gasteiger partial charge is 0.340 e. The summed E-state index contributed by atoms with van der Waals surface area (Å²) in [5, 5.41) is 11.8. The highest BCUT2D eigenvalue weighted by molar-refractivity contribution is 6.30. The van der Waals surface area contributed by atoms with Crippen molar-refractivity contribution in [3.8, 4) is 0 Å². The zero-order chi connectivity index (χ0) is 19.4. The fourth-order valence-corrected chi connectivity index (χ4v) is 2.87. The number of amides is 2. The fraction of sp³-hybridized carbons (Fsp3) is 0.333. The summed E-state index contributed by atoms with van der Waals surface area (Å²) >= 11 is 6.05. The van der Waals surface area contributed by atoms with Gasteiger partial charge in [0.15, 0.2) is 5.82 Å². The van der Waals surface area contributed by atoms with Crippen LogP contribution in [0.15, 0.2) is 35.0 Å². The molecular formula is C18H21ClN6O2. The van der Waals surface area contributed by atoms with E-state index in [0.717, 1.165) is 11.1 Å². The minimum atomic E-state index is -0.254. The average molecular weight is 389 g/mol.